The first kappa shape index (κ1) is 17.6. The Morgan fingerprint density at radius 3 is 2.96 bits per heavy atom. The Morgan fingerprint density at radius 1 is 1.40 bits per heavy atom. The lowest BCUT2D eigenvalue weighted by molar-refractivity contribution is -0.124. The van der Waals surface area contributed by atoms with Gasteiger partial charge in [0.2, 0.25) is 5.91 Å². The highest BCUT2D eigenvalue weighted by molar-refractivity contribution is 5.77. The molecule has 0 spiro atoms. The van der Waals surface area contributed by atoms with Gasteiger partial charge in [-0.3, -0.25) is 14.4 Å². The topological polar surface area (TPSA) is 85.4 Å². The molecule has 8 nitrogen and oxygen atoms in total. The number of fused-ring (bicyclic) bond motifs is 1. The Balaban J connectivity index is 1.56. The maximum Gasteiger partial charge on any atom is 0.246 e. The average Bonchev–Trinajstić information content (AvgIpc) is 3.19. The Hall–Kier alpha value is -2.19. The van der Waals surface area contributed by atoms with Gasteiger partial charge in [0.05, 0.1) is 30.2 Å². The molecule has 1 N–H and O–H groups in total. The fourth-order valence-corrected chi connectivity index (χ4v) is 2.86. The number of methoxy groups -OCH3 is 1. The summed E-state index contributed by atoms with van der Waals surface area (Å²) in [5, 5.41) is 7.35. The number of amides is 1. The summed E-state index contributed by atoms with van der Waals surface area (Å²) < 4.78 is 12.3. The number of nitrogens with one attached hydrogen (secondary N) is 1. The van der Waals surface area contributed by atoms with Crippen molar-refractivity contribution >= 4 is 5.91 Å². The van der Waals surface area contributed by atoms with Crippen molar-refractivity contribution in [3.63, 3.8) is 0 Å². The molecule has 0 fully saturated rings. The molecule has 136 valence electrons. The van der Waals surface area contributed by atoms with Gasteiger partial charge in [-0.1, -0.05) is 13.8 Å². The second-order valence-corrected chi connectivity index (χ2v) is 6.60. The molecule has 0 aromatic carbocycles. The third kappa shape index (κ3) is 4.46. The second-order valence-electron chi connectivity index (χ2n) is 6.60. The van der Waals surface area contributed by atoms with Crippen LogP contribution in [0.4, 0.5) is 0 Å². The highest BCUT2D eigenvalue weighted by Gasteiger charge is 2.20. The van der Waals surface area contributed by atoms with Crippen LogP contribution in [-0.2, 0) is 35.7 Å². The van der Waals surface area contributed by atoms with Crippen LogP contribution >= 0.6 is 0 Å². The molecule has 0 radical (unpaired) electrons. The molecule has 0 aliphatic carbocycles. The van der Waals surface area contributed by atoms with Crippen molar-refractivity contribution in [2.75, 3.05) is 20.3 Å². The summed E-state index contributed by atoms with van der Waals surface area (Å²) >= 11 is 0. The van der Waals surface area contributed by atoms with E-state index in [1.807, 2.05) is 10.7 Å². The monoisotopic (exact) mass is 347 g/mol. The lowest BCUT2D eigenvalue weighted by atomic mass is 10.2. The Labute approximate surface area is 147 Å². The van der Waals surface area contributed by atoms with Crippen molar-refractivity contribution in [3.8, 4) is 0 Å². The standard InChI is InChI=1S/C17H25N5O3/c1-12(2)17-19-14(10-25-17)8-21-4-5-22-15(9-21)6-13(20-22)7-18-16(23)11-24-3/h6,10,12H,4-5,7-9,11H2,1-3H3,(H,18,23). The van der Waals surface area contributed by atoms with Gasteiger partial charge in [-0.15, -0.1) is 0 Å². The van der Waals surface area contributed by atoms with E-state index in [2.05, 4.69) is 34.1 Å². The molecule has 0 saturated heterocycles. The summed E-state index contributed by atoms with van der Waals surface area (Å²) in [6.07, 6.45) is 1.75. The molecule has 0 bridgehead atoms. The zero-order valence-corrected chi connectivity index (χ0v) is 15.0. The van der Waals surface area contributed by atoms with Crippen LogP contribution in [-0.4, -0.2) is 45.8 Å². The van der Waals surface area contributed by atoms with Gasteiger partial charge in [0.15, 0.2) is 5.89 Å². The molecule has 2 aromatic rings. The van der Waals surface area contributed by atoms with Gasteiger partial charge < -0.3 is 14.5 Å². The van der Waals surface area contributed by atoms with Crippen LogP contribution in [0.3, 0.4) is 0 Å². The molecule has 0 unspecified atom stereocenters. The first-order chi connectivity index (χ1) is 12.0. The van der Waals surface area contributed by atoms with Crippen LogP contribution in [0.2, 0.25) is 0 Å². The average molecular weight is 347 g/mol. The van der Waals surface area contributed by atoms with Crippen molar-refractivity contribution in [2.45, 2.75) is 45.9 Å². The normalized spacial score (nSPS) is 14.7. The largest absolute Gasteiger partial charge is 0.448 e. The highest BCUT2D eigenvalue weighted by Crippen LogP contribution is 2.18. The van der Waals surface area contributed by atoms with Crippen LogP contribution in [0.15, 0.2) is 16.7 Å². The molecule has 1 aliphatic heterocycles. The third-order valence-corrected chi connectivity index (χ3v) is 4.12. The molecule has 25 heavy (non-hydrogen) atoms. The third-order valence-electron chi connectivity index (χ3n) is 4.12. The van der Waals surface area contributed by atoms with Gasteiger partial charge >= 0.3 is 0 Å². The molecular formula is C17H25N5O3. The van der Waals surface area contributed by atoms with Crippen LogP contribution in [0.25, 0.3) is 0 Å². The van der Waals surface area contributed by atoms with E-state index >= 15 is 0 Å². The van der Waals surface area contributed by atoms with E-state index in [0.29, 0.717) is 12.5 Å². The van der Waals surface area contributed by atoms with Gasteiger partial charge in [-0.25, -0.2) is 4.98 Å². The van der Waals surface area contributed by atoms with E-state index in [9.17, 15) is 4.79 Å². The summed E-state index contributed by atoms with van der Waals surface area (Å²) in [5.74, 6) is 0.945. The zero-order chi connectivity index (χ0) is 17.8. The molecule has 0 saturated carbocycles. The Bertz CT molecular complexity index is 722. The van der Waals surface area contributed by atoms with Gasteiger partial charge in [-0.05, 0) is 6.07 Å². The van der Waals surface area contributed by atoms with E-state index in [-0.39, 0.29) is 12.5 Å². The predicted molar refractivity (Wildman–Crippen MR) is 90.7 cm³/mol. The first-order valence-corrected chi connectivity index (χ1v) is 8.53. The molecule has 1 amide bonds. The van der Waals surface area contributed by atoms with Crippen molar-refractivity contribution in [1.29, 1.82) is 0 Å². The van der Waals surface area contributed by atoms with Crippen molar-refractivity contribution in [2.24, 2.45) is 0 Å². The van der Waals surface area contributed by atoms with Crippen molar-refractivity contribution in [3.05, 3.63) is 35.3 Å². The number of oxazole rings is 1. The van der Waals surface area contributed by atoms with E-state index in [1.54, 1.807) is 6.26 Å². The van der Waals surface area contributed by atoms with Crippen LogP contribution in [0, 0.1) is 0 Å². The summed E-state index contributed by atoms with van der Waals surface area (Å²) in [4.78, 5) is 18.3. The highest BCUT2D eigenvalue weighted by atomic mass is 16.5. The van der Waals surface area contributed by atoms with Gasteiger partial charge in [0.25, 0.3) is 0 Å². The number of hydrogen-bond acceptors (Lipinski definition) is 6. The van der Waals surface area contributed by atoms with E-state index in [4.69, 9.17) is 9.15 Å². The molecule has 2 aromatic heterocycles. The number of rotatable bonds is 7. The van der Waals surface area contributed by atoms with Gasteiger partial charge in [0, 0.05) is 32.7 Å². The molecule has 1 aliphatic rings. The lowest BCUT2D eigenvalue weighted by Crippen LogP contribution is -2.33. The fraction of sp³-hybridized carbons (Fsp3) is 0.588. The maximum atomic E-state index is 11.5. The van der Waals surface area contributed by atoms with Crippen LogP contribution < -0.4 is 5.32 Å². The van der Waals surface area contributed by atoms with Gasteiger partial charge in [0.1, 0.15) is 12.9 Å². The second kappa shape index (κ2) is 7.79. The fourth-order valence-electron chi connectivity index (χ4n) is 2.86. The minimum atomic E-state index is -0.137. The van der Waals surface area contributed by atoms with Crippen molar-refractivity contribution in [1.82, 2.24) is 25.0 Å². The Kier molecular flexibility index (Phi) is 5.50. The molecule has 0 atom stereocenters. The van der Waals surface area contributed by atoms with Crippen LogP contribution in [0.1, 0.15) is 42.7 Å². The summed E-state index contributed by atoms with van der Waals surface area (Å²) in [5.41, 5.74) is 2.98. The van der Waals surface area contributed by atoms with E-state index in [0.717, 1.165) is 49.2 Å². The maximum absolute atomic E-state index is 11.5. The number of ether oxygens (including phenoxy) is 1. The summed E-state index contributed by atoms with van der Waals surface area (Å²) in [7, 11) is 1.50. The predicted octanol–water partition coefficient (Wildman–Crippen LogP) is 1.27. The SMILES string of the molecule is COCC(=O)NCc1cc2n(n1)CCN(Cc1coc(C(C)C)n1)C2. The Morgan fingerprint density at radius 2 is 2.24 bits per heavy atom. The van der Waals surface area contributed by atoms with Crippen LogP contribution in [0.5, 0.6) is 0 Å². The molecule has 8 heteroatoms. The summed E-state index contributed by atoms with van der Waals surface area (Å²) in [6.45, 7) is 7.94. The number of carbonyl (C=O) groups excluding carboxylic acids is 1. The number of carbonyl (C=O) groups is 1. The molecule has 3 rings (SSSR count). The lowest BCUT2D eigenvalue weighted by Gasteiger charge is -2.26. The quantitative estimate of drug-likeness (QED) is 0.812. The number of nitrogens with zero attached hydrogens (tertiary/aromatic N) is 4. The number of aromatic nitrogens is 3. The smallest absolute Gasteiger partial charge is 0.246 e. The van der Waals surface area contributed by atoms with E-state index in [1.165, 1.54) is 7.11 Å². The molecular weight excluding hydrogens is 322 g/mol. The molecule has 3 heterocycles. The van der Waals surface area contributed by atoms with E-state index < -0.39 is 0 Å². The zero-order valence-electron chi connectivity index (χ0n) is 15.0. The van der Waals surface area contributed by atoms with Crippen molar-refractivity contribution < 1.29 is 13.9 Å². The number of hydrogen-bond donors (Lipinski definition) is 1. The summed E-state index contributed by atoms with van der Waals surface area (Å²) in [6, 6.07) is 2.04. The first-order valence-electron chi connectivity index (χ1n) is 8.53. The minimum Gasteiger partial charge on any atom is -0.448 e. The minimum absolute atomic E-state index is 0.0669. The van der Waals surface area contributed by atoms with Gasteiger partial charge in [-0.2, -0.15) is 5.10 Å².